The van der Waals surface area contributed by atoms with Crippen molar-refractivity contribution in [1.29, 1.82) is 0 Å². The second-order valence-electron chi connectivity index (χ2n) is 2.50. The molecule has 0 aliphatic rings. The lowest BCUT2D eigenvalue weighted by Crippen LogP contribution is -1.96. The molecular weight excluding hydrogens is 152 g/mol. The zero-order chi connectivity index (χ0) is 8.97. The lowest BCUT2D eigenvalue weighted by atomic mass is 10.1. The van der Waals surface area contributed by atoms with Crippen molar-refractivity contribution in [2.24, 2.45) is 0 Å². The standard InChI is InChI=1S/C10H10O2/c1-2-4-8-5-3-6-9(7-8)10(11)12/h2-3,5-7H,1,4H2,(H,11,12). The molecule has 0 heterocycles. The largest absolute Gasteiger partial charge is 0.478 e. The van der Waals surface area contributed by atoms with Crippen LogP contribution in [-0.2, 0) is 6.42 Å². The molecule has 0 atom stereocenters. The first kappa shape index (κ1) is 8.53. The molecule has 0 radical (unpaired) electrons. The van der Waals surface area contributed by atoms with Gasteiger partial charge in [0.1, 0.15) is 0 Å². The van der Waals surface area contributed by atoms with Gasteiger partial charge in [0.25, 0.3) is 0 Å². The Morgan fingerprint density at radius 1 is 1.58 bits per heavy atom. The maximum absolute atomic E-state index is 10.5. The highest BCUT2D eigenvalue weighted by molar-refractivity contribution is 5.87. The molecule has 1 rings (SSSR count). The molecule has 62 valence electrons. The normalized spacial score (nSPS) is 9.33. The molecule has 2 heteroatoms. The molecule has 0 aliphatic carbocycles. The SMILES string of the molecule is C=CCc1cccc(C(=O)O)c1. The maximum Gasteiger partial charge on any atom is 0.335 e. The van der Waals surface area contributed by atoms with Crippen molar-refractivity contribution >= 4 is 5.97 Å². The summed E-state index contributed by atoms with van der Waals surface area (Å²) in [6, 6.07) is 6.86. The van der Waals surface area contributed by atoms with Crippen molar-refractivity contribution in [3.8, 4) is 0 Å². The quantitative estimate of drug-likeness (QED) is 0.691. The van der Waals surface area contributed by atoms with E-state index in [1.807, 2.05) is 6.07 Å². The monoisotopic (exact) mass is 162 g/mol. The molecule has 0 unspecified atom stereocenters. The molecule has 1 N–H and O–H groups in total. The van der Waals surface area contributed by atoms with Gasteiger partial charge in [0.15, 0.2) is 0 Å². The average molecular weight is 162 g/mol. The van der Waals surface area contributed by atoms with Gasteiger partial charge >= 0.3 is 5.97 Å². The fourth-order valence-corrected chi connectivity index (χ4v) is 0.998. The summed E-state index contributed by atoms with van der Waals surface area (Å²) in [4.78, 5) is 10.5. The number of carboxylic acids is 1. The molecular formula is C10H10O2. The zero-order valence-electron chi connectivity index (χ0n) is 6.66. The fourth-order valence-electron chi connectivity index (χ4n) is 0.998. The number of carbonyl (C=O) groups is 1. The highest BCUT2D eigenvalue weighted by atomic mass is 16.4. The number of hydrogen-bond donors (Lipinski definition) is 1. The van der Waals surface area contributed by atoms with Gasteiger partial charge in [0.2, 0.25) is 0 Å². The van der Waals surface area contributed by atoms with E-state index in [-0.39, 0.29) is 0 Å². The Morgan fingerprint density at radius 3 is 2.92 bits per heavy atom. The molecule has 0 saturated heterocycles. The molecule has 1 aromatic carbocycles. The number of aromatic carboxylic acids is 1. The van der Waals surface area contributed by atoms with Crippen molar-refractivity contribution < 1.29 is 9.90 Å². The number of carboxylic acid groups (broad SMARTS) is 1. The number of hydrogen-bond acceptors (Lipinski definition) is 1. The summed E-state index contributed by atoms with van der Waals surface area (Å²) in [7, 11) is 0. The topological polar surface area (TPSA) is 37.3 Å². The molecule has 1 aromatic rings. The van der Waals surface area contributed by atoms with Crippen LogP contribution in [0, 0.1) is 0 Å². The first-order valence-electron chi connectivity index (χ1n) is 3.67. The van der Waals surface area contributed by atoms with E-state index in [1.165, 1.54) is 0 Å². The molecule has 0 aromatic heterocycles. The first-order chi connectivity index (χ1) is 5.74. The molecule has 0 amide bonds. The van der Waals surface area contributed by atoms with Crippen LogP contribution >= 0.6 is 0 Å². The second-order valence-corrected chi connectivity index (χ2v) is 2.50. The Morgan fingerprint density at radius 2 is 2.33 bits per heavy atom. The van der Waals surface area contributed by atoms with Crippen molar-refractivity contribution in [3.05, 3.63) is 48.0 Å². The maximum atomic E-state index is 10.5. The van der Waals surface area contributed by atoms with Gasteiger partial charge in [0.05, 0.1) is 5.56 Å². The van der Waals surface area contributed by atoms with Crippen LogP contribution in [0.25, 0.3) is 0 Å². The van der Waals surface area contributed by atoms with E-state index in [0.29, 0.717) is 12.0 Å². The van der Waals surface area contributed by atoms with E-state index < -0.39 is 5.97 Å². The van der Waals surface area contributed by atoms with Crippen molar-refractivity contribution in [1.82, 2.24) is 0 Å². The third kappa shape index (κ3) is 1.95. The highest BCUT2D eigenvalue weighted by Crippen LogP contribution is 2.05. The third-order valence-electron chi connectivity index (χ3n) is 1.55. The third-order valence-corrected chi connectivity index (χ3v) is 1.55. The van der Waals surface area contributed by atoms with Gasteiger partial charge in [-0.1, -0.05) is 18.2 Å². The minimum Gasteiger partial charge on any atom is -0.478 e. The Kier molecular flexibility index (Phi) is 2.64. The van der Waals surface area contributed by atoms with E-state index in [2.05, 4.69) is 6.58 Å². The van der Waals surface area contributed by atoms with Gasteiger partial charge in [-0.2, -0.15) is 0 Å². The Bertz CT molecular complexity index is 302. The van der Waals surface area contributed by atoms with Gasteiger partial charge in [-0.25, -0.2) is 4.79 Å². The Labute approximate surface area is 71.2 Å². The Balaban J connectivity index is 2.95. The minimum absolute atomic E-state index is 0.328. The Hall–Kier alpha value is -1.57. The predicted molar refractivity (Wildman–Crippen MR) is 47.3 cm³/mol. The molecule has 2 nitrogen and oxygen atoms in total. The van der Waals surface area contributed by atoms with Crippen LogP contribution < -0.4 is 0 Å². The van der Waals surface area contributed by atoms with Gasteiger partial charge in [-0.15, -0.1) is 6.58 Å². The summed E-state index contributed by atoms with van der Waals surface area (Å²) < 4.78 is 0. The molecule has 0 fully saturated rings. The lowest BCUT2D eigenvalue weighted by Gasteiger charge is -1.97. The van der Waals surface area contributed by atoms with E-state index >= 15 is 0 Å². The van der Waals surface area contributed by atoms with Crippen LogP contribution in [0.3, 0.4) is 0 Å². The van der Waals surface area contributed by atoms with Crippen molar-refractivity contribution in [3.63, 3.8) is 0 Å². The first-order valence-corrected chi connectivity index (χ1v) is 3.67. The van der Waals surface area contributed by atoms with Crippen LogP contribution in [0.4, 0.5) is 0 Å². The molecule has 0 bridgehead atoms. The molecule has 0 spiro atoms. The molecule has 0 aliphatic heterocycles. The second kappa shape index (κ2) is 3.72. The smallest absolute Gasteiger partial charge is 0.335 e. The van der Waals surface area contributed by atoms with Crippen molar-refractivity contribution in [2.45, 2.75) is 6.42 Å². The van der Waals surface area contributed by atoms with Gasteiger partial charge in [-0.3, -0.25) is 0 Å². The summed E-state index contributed by atoms with van der Waals surface area (Å²) in [5.74, 6) is -0.888. The highest BCUT2D eigenvalue weighted by Gasteiger charge is 2.01. The summed E-state index contributed by atoms with van der Waals surface area (Å²) in [6.07, 6.45) is 2.46. The van der Waals surface area contributed by atoms with Crippen LogP contribution in [-0.4, -0.2) is 11.1 Å². The number of rotatable bonds is 3. The van der Waals surface area contributed by atoms with Crippen LogP contribution in [0.5, 0.6) is 0 Å². The van der Waals surface area contributed by atoms with E-state index in [1.54, 1.807) is 24.3 Å². The molecule has 0 saturated carbocycles. The van der Waals surface area contributed by atoms with E-state index in [9.17, 15) is 4.79 Å². The van der Waals surface area contributed by atoms with Crippen molar-refractivity contribution in [2.75, 3.05) is 0 Å². The van der Waals surface area contributed by atoms with Crippen LogP contribution in [0.1, 0.15) is 15.9 Å². The van der Waals surface area contributed by atoms with E-state index in [4.69, 9.17) is 5.11 Å². The summed E-state index contributed by atoms with van der Waals surface area (Å²) in [6.45, 7) is 3.58. The number of benzene rings is 1. The summed E-state index contributed by atoms with van der Waals surface area (Å²) >= 11 is 0. The predicted octanol–water partition coefficient (Wildman–Crippen LogP) is 2.11. The van der Waals surface area contributed by atoms with E-state index in [0.717, 1.165) is 5.56 Å². The van der Waals surface area contributed by atoms with Crippen LogP contribution in [0.15, 0.2) is 36.9 Å². The number of allylic oxidation sites excluding steroid dienone is 1. The zero-order valence-corrected chi connectivity index (χ0v) is 6.66. The fraction of sp³-hybridized carbons (Fsp3) is 0.100. The van der Waals surface area contributed by atoms with Gasteiger partial charge < -0.3 is 5.11 Å². The van der Waals surface area contributed by atoms with Gasteiger partial charge in [-0.05, 0) is 24.1 Å². The lowest BCUT2D eigenvalue weighted by molar-refractivity contribution is 0.0697. The summed E-state index contributed by atoms with van der Waals surface area (Å²) in [5, 5.41) is 8.65. The average Bonchev–Trinajstić information content (AvgIpc) is 2.05. The van der Waals surface area contributed by atoms with Gasteiger partial charge in [0, 0.05) is 0 Å². The summed E-state index contributed by atoms with van der Waals surface area (Å²) in [5.41, 5.74) is 1.30. The molecule has 12 heavy (non-hydrogen) atoms. The van der Waals surface area contributed by atoms with Crippen LogP contribution in [0.2, 0.25) is 0 Å². The minimum atomic E-state index is -0.888.